The zero-order valence-corrected chi connectivity index (χ0v) is 7.86. The Morgan fingerprint density at radius 2 is 2.18 bits per heavy atom. The Hall–Kier alpha value is -0.220. The number of rotatable bonds is 4. The lowest BCUT2D eigenvalue weighted by atomic mass is 10.1. The molecule has 0 aliphatic rings. The largest absolute Gasteiger partial charge is 0.436 e. The third-order valence-corrected chi connectivity index (χ3v) is 1.65. The van der Waals surface area contributed by atoms with Crippen molar-refractivity contribution in [1.82, 2.24) is 0 Å². The highest BCUT2D eigenvalue weighted by molar-refractivity contribution is 7.96. The molecule has 3 nitrogen and oxygen atoms in total. The molecule has 0 aromatic rings. The van der Waals surface area contributed by atoms with Gasteiger partial charge in [-0.05, 0) is 6.42 Å². The van der Waals surface area contributed by atoms with E-state index < -0.39 is 11.0 Å². The molecule has 0 fully saturated rings. The van der Waals surface area contributed by atoms with Crippen LogP contribution in [0.3, 0.4) is 0 Å². The van der Waals surface area contributed by atoms with Crippen LogP contribution in [0.25, 0.3) is 0 Å². The summed E-state index contributed by atoms with van der Waals surface area (Å²) in [6.07, 6.45) is 2.19. The van der Waals surface area contributed by atoms with Gasteiger partial charge in [0.05, 0.1) is 0 Å². The van der Waals surface area contributed by atoms with Gasteiger partial charge in [0, 0.05) is 6.42 Å². The highest BCUT2D eigenvalue weighted by atomic mass is 32.1. The fourth-order valence-electron chi connectivity index (χ4n) is 0.897. The van der Waals surface area contributed by atoms with E-state index in [4.69, 9.17) is 10.5 Å². The molecule has 11 heavy (non-hydrogen) atoms. The van der Waals surface area contributed by atoms with Gasteiger partial charge < -0.3 is 4.74 Å². The summed E-state index contributed by atoms with van der Waals surface area (Å²) in [4.78, 5) is 10.5. The first-order valence-electron chi connectivity index (χ1n) is 3.75. The Bertz CT molecular complexity index is 140. The molecule has 0 radical (unpaired) electrons. The van der Waals surface area contributed by atoms with E-state index in [0.717, 1.165) is 6.42 Å². The first-order valence-corrected chi connectivity index (χ1v) is 4.19. The third-order valence-electron chi connectivity index (χ3n) is 1.56. The van der Waals surface area contributed by atoms with Crippen LogP contribution in [0.1, 0.15) is 33.1 Å². The molecule has 66 valence electrons. The average molecular weight is 177 g/mol. The molecule has 0 bridgehead atoms. The van der Waals surface area contributed by atoms with Crippen molar-refractivity contribution in [3.8, 4) is 0 Å². The van der Waals surface area contributed by atoms with Crippen LogP contribution >= 0.6 is 12.6 Å². The van der Waals surface area contributed by atoms with Crippen LogP contribution in [-0.4, -0.2) is 11.0 Å². The van der Waals surface area contributed by atoms with Crippen molar-refractivity contribution in [3.05, 3.63) is 0 Å². The van der Waals surface area contributed by atoms with E-state index in [2.05, 4.69) is 12.6 Å². The van der Waals surface area contributed by atoms with Crippen LogP contribution in [0.4, 0.5) is 4.79 Å². The van der Waals surface area contributed by atoms with Crippen molar-refractivity contribution in [2.45, 2.75) is 38.8 Å². The van der Waals surface area contributed by atoms with Gasteiger partial charge in [0.15, 0.2) is 5.72 Å². The molecule has 0 saturated carbocycles. The maximum absolute atomic E-state index is 10.5. The van der Waals surface area contributed by atoms with Gasteiger partial charge in [0.1, 0.15) is 0 Å². The molecule has 0 saturated heterocycles. The average Bonchev–Trinajstić information content (AvgIpc) is 1.87. The molecule has 0 spiro atoms. The Morgan fingerprint density at radius 1 is 1.64 bits per heavy atom. The number of carbonyl (C=O) groups is 1. The molecule has 0 aromatic heterocycles. The van der Waals surface area contributed by atoms with Crippen LogP contribution in [0.15, 0.2) is 0 Å². The van der Waals surface area contributed by atoms with Gasteiger partial charge in [0.2, 0.25) is 0 Å². The van der Waals surface area contributed by atoms with E-state index in [-0.39, 0.29) is 0 Å². The van der Waals surface area contributed by atoms with Crippen LogP contribution in [0.5, 0.6) is 0 Å². The molecule has 0 rings (SSSR count). The fraction of sp³-hybridized carbons (Fsp3) is 0.857. The second-order valence-corrected chi connectivity index (χ2v) is 2.90. The number of ether oxygens (including phenoxy) is 1. The highest BCUT2D eigenvalue weighted by Gasteiger charge is 2.24. The molecular weight excluding hydrogens is 162 g/mol. The maximum Gasteiger partial charge on any atom is 0.365 e. The first-order chi connectivity index (χ1) is 5.04. The zero-order valence-electron chi connectivity index (χ0n) is 6.96. The van der Waals surface area contributed by atoms with Gasteiger partial charge >= 0.3 is 5.30 Å². The van der Waals surface area contributed by atoms with Crippen molar-refractivity contribution < 1.29 is 9.53 Å². The van der Waals surface area contributed by atoms with E-state index in [0.29, 0.717) is 12.8 Å². The lowest BCUT2D eigenvalue weighted by Crippen LogP contribution is -2.42. The quantitative estimate of drug-likeness (QED) is 0.392. The monoisotopic (exact) mass is 177 g/mol. The van der Waals surface area contributed by atoms with Crippen molar-refractivity contribution in [2.75, 3.05) is 0 Å². The van der Waals surface area contributed by atoms with E-state index >= 15 is 0 Å². The minimum atomic E-state index is -0.812. The predicted molar refractivity (Wildman–Crippen MR) is 47.6 cm³/mol. The molecule has 0 aromatic carbocycles. The smallest absolute Gasteiger partial charge is 0.365 e. The molecule has 0 aliphatic heterocycles. The predicted octanol–water partition coefficient (Wildman–Crippen LogP) is 1.92. The summed E-state index contributed by atoms with van der Waals surface area (Å²) in [5, 5.41) is -0.609. The van der Waals surface area contributed by atoms with Gasteiger partial charge in [-0.1, -0.05) is 32.9 Å². The first kappa shape index (κ1) is 10.8. The SMILES string of the molecule is CCCC(N)(CC)OC(=O)S. The Kier molecular flexibility index (Phi) is 4.52. The van der Waals surface area contributed by atoms with Crippen molar-refractivity contribution in [1.29, 1.82) is 0 Å². The maximum atomic E-state index is 10.5. The van der Waals surface area contributed by atoms with Crippen LogP contribution in [0, 0.1) is 0 Å². The molecule has 0 heterocycles. The van der Waals surface area contributed by atoms with Gasteiger partial charge in [-0.3, -0.25) is 5.73 Å². The minimum absolute atomic E-state index is 0.609. The molecule has 2 N–H and O–H groups in total. The number of nitrogens with two attached hydrogens (primary N) is 1. The molecule has 1 unspecified atom stereocenters. The Labute approximate surface area is 72.7 Å². The topological polar surface area (TPSA) is 52.3 Å². The lowest BCUT2D eigenvalue weighted by molar-refractivity contribution is 0.0220. The lowest BCUT2D eigenvalue weighted by Gasteiger charge is -2.26. The molecular formula is C7H15NO2S. The number of hydrogen-bond donors (Lipinski definition) is 2. The third kappa shape index (κ3) is 4.27. The fourth-order valence-corrected chi connectivity index (χ4v) is 1.08. The minimum Gasteiger partial charge on any atom is -0.436 e. The normalized spacial score (nSPS) is 15.6. The Balaban J connectivity index is 3.98. The van der Waals surface area contributed by atoms with Crippen molar-refractivity contribution >= 4 is 17.9 Å². The summed E-state index contributed by atoms with van der Waals surface area (Å²) in [5.41, 5.74) is 4.90. The van der Waals surface area contributed by atoms with Crippen molar-refractivity contribution in [3.63, 3.8) is 0 Å². The van der Waals surface area contributed by atoms with E-state index in [1.807, 2.05) is 13.8 Å². The van der Waals surface area contributed by atoms with Gasteiger partial charge in [0.25, 0.3) is 0 Å². The molecule has 4 heteroatoms. The van der Waals surface area contributed by atoms with E-state index in [9.17, 15) is 4.79 Å². The number of hydrogen-bond acceptors (Lipinski definition) is 3. The zero-order chi connectivity index (χ0) is 8.91. The summed E-state index contributed by atoms with van der Waals surface area (Å²) in [5.74, 6) is 0. The molecule has 1 atom stereocenters. The summed E-state index contributed by atoms with van der Waals surface area (Å²) < 4.78 is 4.83. The van der Waals surface area contributed by atoms with Crippen LogP contribution in [-0.2, 0) is 4.74 Å². The van der Waals surface area contributed by atoms with E-state index in [1.54, 1.807) is 0 Å². The summed E-state index contributed by atoms with van der Waals surface area (Å²) >= 11 is 3.50. The number of carbonyl (C=O) groups excluding carboxylic acids is 1. The summed E-state index contributed by atoms with van der Waals surface area (Å²) in [6.45, 7) is 3.87. The standard InChI is InChI=1S/C7H15NO2S/c1-3-5-7(8,4-2)10-6(9)11/h3-5,8H2,1-2H3,(H,9,11). The second kappa shape index (κ2) is 4.62. The second-order valence-electron chi connectivity index (χ2n) is 2.54. The molecule has 0 amide bonds. The summed E-state index contributed by atoms with van der Waals surface area (Å²) in [6, 6.07) is 0. The Morgan fingerprint density at radius 3 is 2.45 bits per heavy atom. The highest BCUT2D eigenvalue weighted by Crippen LogP contribution is 2.16. The number of thiol groups is 1. The van der Waals surface area contributed by atoms with Gasteiger partial charge in [-0.15, -0.1) is 0 Å². The van der Waals surface area contributed by atoms with Gasteiger partial charge in [-0.25, -0.2) is 4.79 Å². The van der Waals surface area contributed by atoms with Crippen molar-refractivity contribution in [2.24, 2.45) is 5.73 Å². The van der Waals surface area contributed by atoms with Gasteiger partial charge in [-0.2, -0.15) is 0 Å². The van der Waals surface area contributed by atoms with E-state index in [1.165, 1.54) is 0 Å². The van der Waals surface area contributed by atoms with Crippen LogP contribution < -0.4 is 5.73 Å². The summed E-state index contributed by atoms with van der Waals surface area (Å²) in [7, 11) is 0. The van der Waals surface area contributed by atoms with Crippen LogP contribution in [0.2, 0.25) is 0 Å². The molecule has 0 aliphatic carbocycles.